The molecule has 2 rings (SSSR count). The molecule has 1 aliphatic heterocycles. The first kappa shape index (κ1) is 23.8. The maximum Gasteiger partial charge on any atom is 0.243 e. The van der Waals surface area contributed by atoms with Crippen LogP contribution in [-0.2, 0) is 21.2 Å². The first-order valence-corrected chi connectivity index (χ1v) is 12.4. The van der Waals surface area contributed by atoms with Crippen molar-refractivity contribution in [2.45, 2.75) is 70.2 Å². The summed E-state index contributed by atoms with van der Waals surface area (Å²) in [6.45, 7) is 10.1. The molecule has 0 aromatic heterocycles. The summed E-state index contributed by atoms with van der Waals surface area (Å²) in [5.41, 5.74) is 0.979. The van der Waals surface area contributed by atoms with Crippen molar-refractivity contribution in [3.05, 3.63) is 29.8 Å². The Hall–Kier alpha value is -1.44. The minimum absolute atomic E-state index is 0.0334. The molecule has 0 aliphatic carbocycles. The molecule has 0 unspecified atom stereocenters. The predicted molar refractivity (Wildman–Crippen MR) is 117 cm³/mol. The van der Waals surface area contributed by atoms with E-state index in [2.05, 4.69) is 31.0 Å². The molecule has 29 heavy (non-hydrogen) atoms. The molecule has 1 aliphatic rings. The fourth-order valence-corrected chi connectivity index (χ4v) is 5.24. The summed E-state index contributed by atoms with van der Waals surface area (Å²) in [7, 11) is -3.41. The summed E-state index contributed by atoms with van der Waals surface area (Å²) in [6, 6.07) is 7.48. The molecular formula is C22H37N3O3S. The van der Waals surface area contributed by atoms with Crippen LogP contribution in [0.2, 0.25) is 0 Å². The SMILES string of the molecule is CCN(CCNC(=O)CCc1ccc(S(=O)(=O)N2CCCCCC2)cc1)C(C)C. The first-order chi connectivity index (χ1) is 13.8. The fourth-order valence-electron chi connectivity index (χ4n) is 3.73. The van der Waals surface area contributed by atoms with Gasteiger partial charge in [-0.1, -0.05) is 31.9 Å². The number of hydrogen-bond donors (Lipinski definition) is 1. The van der Waals surface area contributed by atoms with E-state index in [1.807, 2.05) is 12.1 Å². The Morgan fingerprint density at radius 1 is 1.10 bits per heavy atom. The van der Waals surface area contributed by atoms with E-state index in [1.54, 1.807) is 16.4 Å². The van der Waals surface area contributed by atoms with Crippen LogP contribution in [0.5, 0.6) is 0 Å². The molecule has 1 heterocycles. The van der Waals surface area contributed by atoms with Crippen molar-refractivity contribution in [1.82, 2.24) is 14.5 Å². The Kier molecular flexibility index (Phi) is 9.59. The van der Waals surface area contributed by atoms with E-state index in [0.717, 1.165) is 44.3 Å². The number of rotatable bonds is 10. The minimum Gasteiger partial charge on any atom is -0.355 e. The number of aryl methyl sites for hydroxylation is 1. The second-order valence-corrected chi connectivity index (χ2v) is 9.97. The van der Waals surface area contributed by atoms with Gasteiger partial charge < -0.3 is 5.32 Å². The third-order valence-electron chi connectivity index (χ3n) is 5.62. The maximum absolute atomic E-state index is 12.8. The molecule has 7 heteroatoms. The van der Waals surface area contributed by atoms with E-state index in [4.69, 9.17) is 0 Å². The maximum atomic E-state index is 12.8. The lowest BCUT2D eigenvalue weighted by Crippen LogP contribution is -2.38. The molecule has 0 bridgehead atoms. The number of nitrogens with one attached hydrogen (secondary N) is 1. The van der Waals surface area contributed by atoms with Gasteiger partial charge in [-0.2, -0.15) is 4.31 Å². The summed E-state index contributed by atoms with van der Waals surface area (Å²) in [6.07, 6.45) is 5.07. The van der Waals surface area contributed by atoms with Gasteiger partial charge in [0.2, 0.25) is 15.9 Å². The molecule has 1 amide bonds. The van der Waals surface area contributed by atoms with Crippen LogP contribution in [0.15, 0.2) is 29.2 Å². The molecule has 0 saturated carbocycles. The van der Waals surface area contributed by atoms with E-state index in [9.17, 15) is 13.2 Å². The van der Waals surface area contributed by atoms with Crippen LogP contribution in [-0.4, -0.2) is 62.3 Å². The zero-order valence-corrected chi connectivity index (χ0v) is 19.0. The lowest BCUT2D eigenvalue weighted by atomic mass is 10.1. The molecule has 0 spiro atoms. The average molecular weight is 424 g/mol. The van der Waals surface area contributed by atoms with Crippen LogP contribution in [0.1, 0.15) is 58.4 Å². The highest BCUT2D eigenvalue weighted by atomic mass is 32.2. The van der Waals surface area contributed by atoms with Crippen molar-refractivity contribution in [2.24, 2.45) is 0 Å². The number of likely N-dealkylation sites (N-methyl/N-ethyl adjacent to an activating group) is 1. The molecule has 1 fully saturated rings. The van der Waals surface area contributed by atoms with Crippen LogP contribution in [0.4, 0.5) is 0 Å². The molecule has 1 saturated heterocycles. The Morgan fingerprint density at radius 2 is 1.72 bits per heavy atom. The summed E-state index contributed by atoms with van der Waals surface area (Å²) >= 11 is 0. The van der Waals surface area contributed by atoms with Gasteiger partial charge in [0.05, 0.1) is 4.90 Å². The first-order valence-electron chi connectivity index (χ1n) is 10.9. The highest BCUT2D eigenvalue weighted by molar-refractivity contribution is 7.89. The smallest absolute Gasteiger partial charge is 0.243 e. The van der Waals surface area contributed by atoms with Gasteiger partial charge in [0.1, 0.15) is 0 Å². The van der Waals surface area contributed by atoms with Crippen molar-refractivity contribution >= 4 is 15.9 Å². The van der Waals surface area contributed by atoms with Crippen molar-refractivity contribution < 1.29 is 13.2 Å². The van der Waals surface area contributed by atoms with Crippen molar-refractivity contribution in [3.63, 3.8) is 0 Å². The largest absolute Gasteiger partial charge is 0.355 e. The van der Waals surface area contributed by atoms with Gasteiger partial charge in [0.15, 0.2) is 0 Å². The molecule has 164 valence electrons. The van der Waals surface area contributed by atoms with Crippen LogP contribution < -0.4 is 5.32 Å². The Bertz CT molecular complexity index is 724. The molecule has 0 atom stereocenters. The highest BCUT2D eigenvalue weighted by Crippen LogP contribution is 2.21. The lowest BCUT2D eigenvalue weighted by Gasteiger charge is -2.24. The van der Waals surface area contributed by atoms with Crippen LogP contribution in [0, 0.1) is 0 Å². The number of amides is 1. The number of nitrogens with zero attached hydrogens (tertiary/aromatic N) is 2. The topological polar surface area (TPSA) is 69.7 Å². The Morgan fingerprint density at radius 3 is 2.28 bits per heavy atom. The summed E-state index contributed by atoms with van der Waals surface area (Å²) in [5, 5.41) is 2.97. The van der Waals surface area contributed by atoms with E-state index in [1.165, 1.54) is 0 Å². The molecular weight excluding hydrogens is 386 g/mol. The van der Waals surface area contributed by atoms with E-state index in [0.29, 0.717) is 43.4 Å². The Balaban J connectivity index is 1.82. The van der Waals surface area contributed by atoms with Gasteiger partial charge >= 0.3 is 0 Å². The second-order valence-electron chi connectivity index (χ2n) is 8.03. The number of sulfonamides is 1. The van der Waals surface area contributed by atoms with Crippen LogP contribution >= 0.6 is 0 Å². The number of hydrogen-bond acceptors (Lipinski definition) is 4. The van der Waals surface area contributed by atoms with Crippen molar-refractivity contribution in [3.8, 4) is 0 Å². The summed E-state index contributed by atoms with van der Waals surface area (Å²) in [4.78, 5) is 14.7. The van der Waals surface area contributed by atoms with Gasteiger partial charge in [-0.15, -0.1) is 0 Å². The molecule has 1 aromatic carbocycles. The van der Waals surface area contributed by atoms with Gasteiger partial charge in [-0.25, -0.2) is 8.42 Å². The van der Waals surface area contributed by atoms with Gasteiger partial charge in [0.25, 0.3) is 0 Å². The van der Waals surface area contributed by atoms with Crippen molar-refractivity contribution in [2.75, 3.05) is 32.7 Å². The number of benzene rings is 1. The van der Waals surface area contributed by atoms with Crippen LogP contribution in [0.25, 0.3) is 0 Å². The summed E-state index contributed by atoms with van der Waals surface area (Å²) < 4.78 is 27.3. The third kappa shape index (κ3) is 7.39. The van der Waals surface area contributed by atoms with Gasteiger partial charge in [-0.3, -0.25) is 9.69 Å². The molecule has 0 radical (unpaired) electrons. The molecule has 6 nitrogen and oxygen atoms in total. The predicted octanol–water partition coefficient (Wildman–Crippen LogP) is 3.03. The lowest BCUT2D eigenvalue weighted by molar-refractivity contribution is -0.121. The van der Waals surface area contributed by atoms with E-state index >= 15 is 0 Å². The quantitative estimate of drug-likeness (QED) is 0.628. The number of carbonyl (C=O) groups excluding carboxylic acids is 1. The standard InChI is InChI=1S/C22H37N3O3S/c1-4-24(19(2)3)18-15-23-22(26)14-11-20-9-12-21(13-10-20)29(27,28)25-16-7-5-6-8-17-25/h9-10,12-13,19H,4-8,11,14-18H2,1-3H3,(H,23,26). The van der Waals surface area contributed by atoms with Gasteiger partial charge in [-0.05, 0) is 57.4 Å². The zero-order chi connectivity index (χ0) is 21.3. The fraction of sp³-hybridized carbons (Fsp3) is 0.682. The third-order valence-corrected chi connectivity index (χ3v) is 7.54. The van der Waals surface area contributed by atoms with E-state index < -0.39 is 10.0 Å². The Labute approximate surface area is 176 Å². The van der Waals surface area contributed by atoms with Crippen LogP contribution in [0.3, 0.4) is 0 Å². The van der Waals surface area contributed by atoms with Gasteiger partial charge in [0, 0.05) is 38.6 Å². The van der Waals surface area contributed by atoms with Crippen molar-refractivity contribution in [1.29, 1.82) is 0 Å². The molecule has 1 aromatic rings. The zero-order valence-electron chi connectivity index (χ0n) is 18.2. The highest BCUT2D eigenvalue weighted by Gasteiger charge is 2.24. The second kappa shape index (κ2) is 11.7. The number of carbonyl (C=O) groups is 1. The van der Waals surface area contributed by atoms with E-state index in [-0.39, 0.29) is 5.91 Å². The molecule has 1 N–H and O–H groups in total. The minimum atomic E-state index is -3.41. The average Bonchev–Trinajstić information content (AvgIpc) is 3.00. The summed E-state index contributed by atoms with van der Waals surface area (Å²) in [5.74, 6) is 0.0334. The monoisotopic (exact) mass is 423 g/mol. The normalized spacial score (nSPS) is 16.2.